The highest BCUT2D eigenvalue weighted by Gasteiger charge is 2.17. The van der Waals surface area contributed by atoms with E-state index in [9.17, 15) is 5.11 Å². The Balaban J connectivity index is 2.29. The molecule has 0 fully saturated rings. The Bertz CT molecular complexity index is 742. The number of hydrogen-bond acceptors (Lipinski definition) is 4. The van der Waals surface area contributed by atoms with Crippen molar-refractivity contribution in [3.8, 4) is 11.5 Å². The third kappa shape index (κ3) is 4.88. The second-order valence-electron chi connectivity index (χ2n) is 5.42. The fourth-order valence-corrected chi connectivity index (χ4v) is 2.92. The van der Waals surface area contributed by atoms with Crippen molar-refractivity contribution in [2.75, 3.05) is 7.11 Å². The zero-order valence-corrected chi connectivity index (χ0v) is 15.9. The maximum Gasteiger partial charge on any atom is 0.169 e. The molecule has 1 heterocycles. The Kier molecular flexibility index (Phi) is 7.12. The van der Waals surface area contributed by atoms with Crippen LogP contribution >= 0.6 is 23.2 Å². The quantitative estimate of drug-likeness (QED) is 0.655. The summed E-state index contributed by atoms with van der Waals surface area (Å²) in [5, 5.41) is 11.5. The average molecular weight is 382 g/mol. The van der Waals surface area contributed by atoms with Crippen LogP contribution in [0.15, 0.2) is 42.4 Å². The Morgan fingerprint density at radius 1 is 1.24 bits per heavy atom. The molecule has 1 unspecified atom stereocenters. The van der Waals surface area contributed by atoms with Crippen LogP contribution in [0.2, 0.25) is 10.0 Å². The van der Waals surface area contributed by atoms with Crippen molar-refractivity contribution >= 4 is 23.2 Å². The number of allylic oxidation sites excluding steroid dienone is 2. The molecule has 0 bridgehead atoms. The first-order valence-electron chi connectivity index (χ1n) is 7.97. The van der Waals surface area contributed by atoms with Crippen LogP contribution in [0.1, 0.15) is 37.5 Å². The SMILES string of the molecule is CC=C(CC)Oc1cc(C(O)Cc2c(Cl)cncc2Cl)ccc1OC. The van der Waals surface area contributed by atoms with Gasteiger partial charge in [-0.3, -0.25) is 4.98 Å². The number of aliphatic hydroxyl groups excluding tert-OH is 1. The molecule has 2 aromatic rings. The minimum absolute atomic E-state index is 0.274. The second kappa shape index (κ2) is 9.09. The summed E-state index contributed by atoms with van der Waals surface area (Å²) in [7, 11) is 1.58. The molecule has 1 aromatic carbocycles. The van der Waals surface area contributed by atoms with Crippen LogP contribution in [-0.2, 0) is 6.42 Å². The van der Waals surface area contributed by atoms with Crippen molar-refractivity contribution < 1.29 is 14.6 Å². The fraction of sp³-hybridized carbons (Fsp3) is 0.316. The van der Waals surface area contributed by atoms with E-state index in [1.807, 2.05) is 19.9 Å². The van der Waals surface area contributed by atoms with Gasteiger partial charge in [0.05, 0.1) is 29.0 Å². The number of pyridine rings is 1. The molecule has 0 saturated heterocycles. The lowest BCUT2D eigenvalue weighted by Crippen LogP contribution is -2.05. The van der Waals surface area contributed by atoms with Crippen LogP contribution in [0, 0.1) is 0 Å². The lowest BCUT2D eigenvalue weighted by Gasteiger charge is -2.17. The molecular formula is C19H21Cl2NO3. The van der Waals surface area contributed by atoms with E-state index >= 15 is 0 Å². The van der Waals surface area contributed by atoms with Gasteiger partial charge < -0.3 is 14.6 Å². The molecule has 134 valence electrons. The molecular weight excluding hydrogens is 361 g/mol. The zero-order valence-electron chi connectivity index (χ0n) is 14.4. The highest BCUT2D eigenvalue weighted by Crippen LogP contribution is 2.34. The highest BCUT2D eigenvalue weighted by atomic mass is 35.5. The van der Waals surface area contributed by atoms with Crippen LogP contribution in [0.5, 0.6) is 11.5 Å². The number of aromatic nitrogens is 1. The Labute approximate surface area is 158 Å². The van der Waals surface area contributed by atoms with Crippen LogP contribution < -0.4 is 9.47 Å². The van der Waals surface area contributed by atoms with Gasteiger partial charge in [0.15, 0.2) is 11.5 Å². The first kappa shape index (κ1) is 19.6. The van der Waals surface area contributed by atoms with Gasteiger partial charge in [0.2, 0.25) is 0 Å². The normalized spacial score (nSPS) is 12.8. The Morgan fingerprint density at radius 3 is 2.48 bits per heavy atom. The van der Waals surface area contributed by atoms with E-state index < -0.39 is 6.10 Å². The number of aliphatic hydroxyl groups is 1. The molecule has 1 aromatic heterocycles. The Hall–Kier alpha value is -1.75. The van der Waals surface area contributed by atoms with Gasteiger partial charge in [-0.05, 0) is 36.3 Å². The first-order valence-corrected chi connectivity index (χ1v) is 8.72. The summed E-state index contributed by atoms with van der Waals surface area (Å²) < 4.78 is 11.2. The van der Waals surface area contributed by atoms with E-state index in [-0.39, 0.29) is 6.42 Å². The van der Waals surface area contributed by atoms with Crippen LogP contribution in [0.3, 0.4) is 0 Å². The lowest BCUT2D eigenvalue weighted by atomic mass is 10.0. The molecule has 6 heteroatoms. The monoisotopic (exact) mass is 381 g/mol. The predicted octanol–water partition coefficient (Wildman–Crippen LogP) is 5.37. The van der Waals surface area contributed by atoms with Crippen molar-refractivity contribution in [2.45, 2.75) is 32.8 Å². The number of ether oxygens (including phenoxy) is 2. The lowest BCUT2D eigenvalue weighted by molar-refractivity contribution is 0.178. The van der Waals surface area contributed by atoms with Gasteiger partial charge >= 0.3 is 0 Å². The third-order valence-electron chi connectivity index (χ3n) is 3.83. The van der Waals surface area contributed by atoms with Gasteiger partial charge in [0.1, 0.15) is 0 Å². The van der Waals surface area contributed by atoms with Gasteiger partial charge in [0.25, 0.3) is 0 Å². The van der Waals surface area contributed by atoms with Gasteiger partial charge in [-0.1, -0.05) is 36.2 Å². The second-order valence-corrected chi connectivity index (χ2v) is 6.24. The summed E-state index contributed by atoms with van der Waals surface area (Å²) >= 11 is 12.3. The minimum atomic E-state index is -0.790. The minimum Gasteiger partial charge on any atom is -0.493 e. The molecule has 1 N–H and O–H groups in total. The van der Waals surface area contributed by atoms with E-state index in [1.165, 1.54) is 12.4 Å². The summed E-state index contributed by atoms with van der Waals surface area (Å²) in [6.07, 6.45) is 5.17. The summed E-state index contributed by atoms with van der Waals surface area (Å²) in [5.41, 5.74) is 1.35. The maximum atomic E-state index is 10.6. The molecule has 0 aliphatic rings. The van der Waals surface area contributed by atoms with E-state index in [0.29, 0.717) is 32.7 Å². The first-order chi connectivity index (χ1) is 12.0. The van der Waals surface area contributed by atoms with Crippen molar-refractivity contribution in [1.82, 2.24) is 4.98 Å². The third-order valence-corrected chi connectivity index (χ3v) is 4.49. The van der Waals surface area contributed by atoms with E-state index in [4.69, 9.17) is 32.7 Å². The standard InChI is InChI=1S/C19H21Cl2NO3/c1-4-13(5-2)25-19-8-12(6-7-18(19)24-3)17(23)9-14-15(20)10-22-11-16(14)21/h4,6-8,10-11,17,23H,5,9H2,1-3H3. The average Bonchev–Trinajstić information content (AvgIpc) is 2.62. The van der Waals surface area contributed by atoms with Gasteiger partial charge in [-0.15, -0.1) is 0 Å². The number of methoxy groups -OCH3 is 1. The molecule has 4 nitrogen and oxygen atoms in total. The topological polar surface area (TPSA) is 51.6 Å². The number of rotatable bonds is 7. The molecule has 0 aliphatic carbocycles. The molecule has 0 amide bonds. The summed E-state index contributed by atoms with van der Waals surface area (Å²) in [4.78, 5) is 3.92. The van der Waals surface area contributed by atoms with Gasteiger partial charge in [0, 0.05) is 25.2 Å². The number of benzene rings is 1. The number of halogens is 2. The predicted molar refractivity (Wildman–Crippen MR) is 101 cm³/mol. The zero-order chi connectivity index (χ0) is 18.4. The van der Waals surface area contributed by atoms with E-state index in [0.717, 1.165) is 12.2 Å². The summed E-state index contributed by atoms with van der Waals surface area (Å²) in [6, 6.07) is 5.33. The van der Waals surface area contributed by atoms with Crippen molar-refractivity contribution in [3.05, 3.63) is 63.6 Å². The summed E-state index contributed by atoms with van der Waals surface area (Å²) in [5.74, 6) is 1.98. The van der Waals surface area contributed by atoms with Crippen LogP contribution in [0.4, 0.5) is 0 Å². The Morgan fingerprint density at radius 2 is 1.92 bits per heavy atom. The number of nitrogens with zero attached hydrogens (tertiary/aromatic N) is 1. The van der Waals surface area contributed by atoms with Gasteiger partial charge in [-0.25, -0.2) is 0 Å². The summed E-state index contributed by atoms with van der Waals surface area (Å²) in [6.45, 7) is 3.92. The van der Waals surface area contributed by atoms with Crippen LogP contribution in [-0.4, -0.2) is 17.2 Å². The molecule has 1 atom stereocenters. The van der Waals surface area contributed by atoms with Crippen molar-refractivity contribution in [1.29, 1.82) is 0 Å². The van der Waals surface area contributed by atoms with Crippen LogP contribution in [0.25, 0.3) is 0 Å². The van der Waals surface area contributed by atoms with E-state index in [1.54, 1.807) is 25.3 Å². The number of hydrogen-bond donors (Lipinski definition) is 1. The smallest absolute Gasteiger partial charge is 0.169 e. The molecule has 0 aliphatic heterocycles. The van der Waals surface area contributed by atoms with Crippen molar-refractivity contribution in [3.63, 3.8) is 0 Å². The molecule has 0 spiro atoms. The molecule has 0 saturated carbocycles. The fourth-order valence-electron chi connectivity index (χ4n) is 2.40. The molecule has 2 rings (SSSR count). The van der Waals surface area contributed by atoms with Crippen molar-refractivity contribution in [2.24, 2.45) is 0 Å². The highest BCUT2D eigenvalue weighted by molar-refractivity contribution is 6.35. The molecule has 0 radical (unpaired) electrons. The molecule has 25 heavy (non-hydrogen) atoms. The maximum absolute atomic E-state index is 10.6. The largest absolute Gasteiger partial charge is 0.493 e. The van der Waals surface area contributed by atoms with E-state index in [2.05, 4.69) is 4.98 Å². The van der Waals surface area contributed by atoms with Gasteiger partial charge in [-0.2, -0.15) is 0 Å².